The lowest BCUT2D eigenvalue weighted by Crippen LogP contribution is -2.62. The van der Waals surface area contributed by atoms with E-state index in [1.54, 1.807) is 24.1 Å². The number of carbonyl (C=O) groups is 5. The lowest BCUT2D eigenvalue weighted by Gasteiger charge is -2.37. The molecular weight excluding hydrogens is 849 g/mol. The van der Waals surface area contributed by atoms with Crippen molar-refractivity contribution in [2.75, 3.05) is 53.9 Å². The standard InChI is InChI=1S/C52H68N8O7/c1-10-45(62)58-20-17-36(30-58)49(64)57(9)46(32(3)4)48(63)54-43-24-34-22-37(25-39(61)23-34)35-14-15-44-40(26-35)41(47(59(44)11-2)38-21-33(28-53-29-38)16-19-56(7)8)27-52(5,6)31-67-51(66)42-13-12-18-60(55-42)50(43)65/h10,14-15,21-23,25-26,28-29,32,36,42-43,46,55,61H,1,11-13,16-20,24,27,30-31H2,2-9H3,(H,54,63)/t36-,42-,43-,46?/m0/s1. The zero-order valence-electron chi connectivity index (χ0n) is 40.4. The predicted octanol–water partition coefficient (Wildman–Crippen LogP) is 5.37. The zero-order valence-corrected chi connectivity index (χ0v) is 40.4. The van der Waals surface area contributed by atoms with Gasteiger partial charge in [0.25, 0.3) is 5.91 Å². The molecule has 15 heteroatoms. The number of hydrogen-bond acceptors (Lipinski definition) is 10. The molecule has 4 amide bonds. The van der Waals surface area contributed by atoms with E-state index >= 15 is 0 Å². The van der Waals surface area contributed by atoms with Crippen LogP contribution in [0.4, 0.5) is 0 Å². The van der Waals surface area contributed by atoms with E-state index in [-0.39, 0.29) is 49.6 Å². The van der Waals surface area contributed by atoms with Gasteiger partial charge in [-0.25, -0.2) is 5.43 Å². The molecule has 3 N–H and O–H groups in total. The number of ether oxygens (including phenoxy) is 1. The van der Waals surface area contributed by atoms with Crippen molar-refractivity contribution in [1.29, 1.82) is 0 Å². The summed E-state index contributed by atoms with van der Waals surface area (Å²) in [6.45, 7) is 16.2. The number of pyridine rings is 1. The van der Waals surface area contributed by atoms with Crippen molar-refractivity contribution in [1.82, 2.24) is 40.0 Å². The van der Waals surface area contributed by atoms with Crippen LogP contribution in [0.3, 0.4) is 0 Å². The Bertz CT molecular complexity index is 2530. The topological polar surface area (TPSA) is 170 Å². The van der Waals surface area contributed by atoms with Crippen LogP contribution in [0.1, 0.15) is 70.6 Å². The fraction of sp³-hybridized carbons (Fsp3) is 0.500. The molecule has 2 aromatic carbocycles. The first kappa shape index (κ1) is 48.9. The maximum Gasteiger partial charge on any atom is 0.324 e. The Morgan fingerprint density at radius 1 is 1.03 bits per heavy atom. The van der Waals surface area contributed by atoms with E-state index in [0.29, 0.717) is 44.3 Å². The van der Waals surface area contributed by atoms with Crippen molar-refractivity contribution in [2.24, 2.45) is 17.3 Å². The zero-order chi connectivity index (χ0) is 48.3. The first-order valence-corrected chi connectivity index (χ1v) is 23.7. The first-order valence-electron chi connectivity index (χ1n) is 23.7. The normalized spacial score (nSPS) is 20.4. The number of phenols is 1. The summed E-state index contributed by atoms with van der Waals surface area (Å²) in [7, 11) is 5.70. The van der Waals surface area contributed by atoms with Crippen LogP contribution in [0.2, 0.25) is 0 Å². The lowest BCUT2D eigenvalue weighted by molar-refractivity contribution is -0.155. The quantitative estimate of drug-likeness (QED) is 0.132. The smallest absolute Gasteiger partial charge is 0.324 e. The maximum atomic E-state index is 14.7. The number of fused-ring (bicyclic) bond motifs is 6. The minimum absolute atomic E-state index is 0.00171. The second-order valence-corrected chi connectivity index (χ2v) is 20.0. The Morgan fingerprint density at radius 3 is 2.52 bits per heavy atom. The number of benzene rings is 2. The molecule has 4 atom stereocenters. The summed E-state index contributed by atoms with van der Waals surface area (Å²) in [5, 5.41) is 16.8. The van der Waals surface area contributed by atoms with E-state index in [1.807, 2.05) is 38.4 Å². The van der Waals surface area contributed by atoms with Gasteiger partial charge in [-0.15, -0.1) is 0 Å². The number of likely N-dealkylation sites (tertiary alicyclic amines) is 1. The first-order chi connectivity index (χ1) is 31.9. The van der Waals surface area contributed by atoms with Crippen LogP contribution < -0.4 is 10.7 Å². The number of phenolic OH excluding ortho intramolecular Hbond substituents is 1. The van der Waals surface area contributed by atoms with Gasteiger partial charge in [-0.2, -0.15) is 0 Å². The number of hydrazine groups is 1. The molecular formula is C52H68N8O7. The maximum absolute atomic E-state index is 14.7. The number of aromatic nitrogens is 2. The van der Waals surface area contributed by atoms with Gasteiger partial charge in [0.15, 0.2) is 0 Å². The molecule has 3 aliphatic rings. The Labute approximate surface area is 394 Å². The summed E-state index contributed by atoms with van der Waals surface area (Å²) >= 11 is 0. The van der Waals surface area contributed by atoms with Crippen LogP contribution in [-0.4, -0.2) is 136 Å². The van der Waals surface area contributed by atoms with Crippen LogP contribution >= 0.6 is 0 Å². The third-order valence-electron chi connectivity index (χ3n) is 13.5. The Hall–Kier alpha value is -6.06. The summed E-state index contributed by atoms with van der Waals surface area (Å²) in [5.41, 5.74) is 10.1. The molecule has 1 unspecified atom stereocenters. The van der Waals surface area contributed by atoms with Gasteiger partial charge in [0.05, 0.1) is 18.2 Å². The average Bonchev–Trinajstić information content (AvgIpc) is 3.91. The van der Waals surface area contributed by atoms with Gasteiger partial charge in [0.1, 0.15) is 23.9 Å². The minimum atomic E-state index is -1.16. The molecule has 15 nitrogen and oxygen atoms in total. The van der Waals surface area contributed by atoms with Gasteiger partial charge in [-0.05, 0) is 123 Å². The SMILES string of the molecule is C=CC(=O)N1CC[C@H](C(=O)N(C)C(C(=O)N[C@H]2Cc3cc(O)cc(c3)-c3ccc4c(c3)c(c(-c3cncc(CCN(C)C)c3)n4CC)CC(C)(C)COC(=O)[C@@H]3CCCN(N3)C2=O)C(C)C)C1. The van der Waals surface area contributed by atoms with Crippen molar-refractivity contribution in [3.63, 3.8) is 0 Å². The van der Waals surface area contributed by atoms with Crippen LogP contribution in [0.25, 0.3) is 33.3 Å². The summed E-state index contributed by atoms with van der Waals surface area (Å²) in [5.74, 6) is -2.81. The number of aromatic hydroxyl groups is 1. The molecule has 0 aliphatic carbocycles. The highest BCUT2D eigenvalue weighted by molar-refractivity contribution is 5.96. The summed E-state index contributed by atoms with van der Waals surface area (Å²) < 4.78 is 8.44. The summed E-state index contributed by atoms with van der Waals surface area (Å²) in [4.78, 5) is 79.3. The molecule has 7 rings (SSSR count). The van der Waals surface area contributed by atoms with Gasteiger partial charge in [0, 0.05) is 80.5 Å². The highest BCUT2D eigenvalue weighted by atomic mass is 16.5. The van der Waals surface area contributed by atoms with Crippen molar-refractivity contribution < 1.29 is 33.8 Å². The van der Waals surface area contributed by atoms with E-state index in [0.717, 1.165) is 57.4 Å². The van der Waals surface area contributed by atoms with Crippen molar-refractivity contribution >= 4 is 40.5 Å². The predicted molar refractivity (Wildman–Crippen MR) is 258 cm³/mol. The lowest BCUT2D eigenvalue weighted by atomic mass is 9.84. The number of aryl methyl sites for hydroxylation is 1. The second kappa shape index (κ2) is 20.4. The fourth-order valence-corrected chi connectivity index (χ4v) is 10.0. The van der Waals surface area contributed by atoms with E-state index in [2.05, 4.69) is 79.9 Å². The van der Waals surface area contributed by atoms with Crippen LogP contribution in [-0.2, 0) is 54.5 Å². The highest BCUT2D eigenvalue weighted by Crippen LogP contribution is 2.41. The van der Waals surface area contributed by atoms with Crippen LogP contribution in [0, 0.1) is 17.3 Å². The van der Waals surface area contributed by atoms with Gasteiger partial charge in [-0.3, -0.25) is 34.0 Å². The van der Waals surface area contributed by atoms with E-state index < -0.39 is 47.2 Å². The largest absolute Gasteiger partial charge is 0.508 e. The third-order valence-corrected chi connectivity index (χ3v) is 13.5. The monoisotopic (exact) mass is 917 g/mol. The van der Waals surface area contributed by atoms with Gasteiger partial charge in [0.2, 0.25) is 17.7 Å². The Morgan fingerprint density at radius 2 is 1.81 bits per heavy atom. The molecule has 4 aromatic rings. The summed E-state index contributed by atoms with van der Waals surface area (Å²) in [6.07, 6.45) is 7.92. The van der Waals surface area contributed by atoms with Gasteiger partial charge < -0.3 is 34.4 Å². The molecule has 67 heavy (non-hydrogen) atoms. The highest BCUT2D eigenvalue weighted by Gasteiger charge is 2.40. The van der Waals surface area contributed by atoms with Crippen molar-refractivity contribution in [3.8, 4) is 28.1 Å². The molecule has 0 radical (unpaired) electrons. The molecule has 0 spiro atoms. The van der Waals surface area contributed by atoms with Gasteiger partial charge in [-0.1, -0.05) is 46.4 Å². The molecule has 6 bridgehead atoms. The number of rotatable bonds is 11. The van der Waals surface area contributed by atoms with E-state index in [9.17, 15) is 29.1 Å². The number of hydrogen-bond donors (Lipinski definition) is 3. The second-order valence-electron chi connectivity index (χ2n) is 20.0. The Kier molecular flexibility index (Phi) is 14.9. The molecule has 2 saturated heterocycles. The number of nitrogens with one attached hydrogen (secondary N) is 2. The average molecular weight is 917 g/mol. The number of esters is 1. The molecule has 2 fully saturated rings. The fourth-order valence-electron chi connectivity index (χ4n) is 10.0. The molecule has 3 aliphatic heterocycles. The number of nitrogens with zero attached hydrogens (tertiary/aromatic N) is 6. The minimum Gasteiger partial charge on any atom is -0.508 e. The molecule has 5 heterocycles. The molecule has 358 valence electrons. The Balaban J connectivity index is 1.29. The van der Waals surface area contributed by atoms with Crippen LogP contribution in [0.15, 0.2) is 67.5 Å². The third kappa shape index (κ3) is 10.9. The van der Waals surface area contributed by atoms with Crippen LogP contribution in [0.5, 0.6) is 5.75 Å². The number of cyclic esters (lactones) is 1. The number of likely N-dealkylation sites (N-methyl/N-ethyl adjacent to an activating group) is 2. The number of carbonyl (C=O) groups excluding carboxylic acids is 5. The van der Waals surface area contributed by atoms with E-state index in [4.69, 9.17) is 9.72 Å². The summed E-state index contributed by atoms with van der Waals surface area (Å²) in [6, 6.07) is 10.8. The van der Waals surface area contributed by atoms with Gasteiger partial charge >= 0.3 is 5.97 Å². The molecule has 2 aromatic heterocycles. The number of amides is 4. The van der Waals surface area contributed by atoms with Crippen molar-refractivity contribution in [3.05, 3.63) is 84.2 Å². The molecule has 0 saturated carbocycles. The van der Waals surface area contributed by atoms with E-state index in [1.165, 1.54) is 16.0 Å². The van der Waals surface area contributed by atoms with Crippen molar-refractivity contribution in [2.45, 2.75) is 97.8 Å².